The number of carbonyl (C=O) groups excluding carboxylic acids is 1. The summed E-state index contributed by atoms with van der Waals surface area (Å²) in [5.41, 5.74) is 0.962. The van der Waals surface area contributed by atoms with Gasteiger partial charge in [0.1, 0.15) is 5.56 Å². The summed E-state index contributed by atoms with van der Waals surface area (Å²) >= 11 is 6.21. The number of hydrogen-bond donors (Lipinski definition) is 2. The van der Waals surface area contributed by atoms with Crippen LogP contribution < -0.4 is 20.3 Å². The predicted octanol–water partition coefficient (Wildman–Crippen LogP) is 3.60. The first kappa shape index (κ1) is 19.6. The zero-order valence-electron chi connectivity index (χ0n) is 15.6. The number of anilines is 1. The minimum Gasteiger partial charge on any atom is -0.493 e. The van der Waals surface area contributed by atoms with Crippen LogP contribution in [0.2, 0.25) is 5.02 Å². The van der Waals surface area contributed by atoms with Gasteiger partial charge in [-0.2, -0.15) is 0 Å². The lowest BCUT2D eigenvalue weighted by molar-refractivity contribution is 0.0600. The number of esters is 1. The van der Waals surface area contributed by atoms with Crippen LogP contribution in [0.1, 0.15) is 15.9 Å². The van der Waals surface area contributed by atoms with Gasteiger partial charge in [-0.05, 0) is 23.8 Å². The van der Waals surface area contributed by atoms with Crippen molar-refractivity contribution in [2.24, 2.45) is 0 Å². The van der Waals surface area contributed by atoms with Crippen molar-refractivity contribution in [2.45, 2.75) is 6.54 Å². The number of para-hydroxylation sites is 1. The quantitative estimate of drug-likeness (QED) is 0.612. The van der Waals surface area contributed by atoms with Gasteiger partial charge >= 0.3 is 5.97 Å². The Morgan fingerprint density at radius 3 is 2.54 bits per heavy atom. The molecule has 3 rings (SSSR count). The molecule has 8 heteroatoms. The molecule has 3 aromatic rings. The molecular weight excluding hydrogens is 384 g/mol. The molecule has 1 aromatic heterocycles. The number of H-pyrrole nitrogens is 1. The van der Waals surface area contributed by atoms with E-state index in [0.29, 0.717) is 39.7 Å². The smallest absolute Gasteiger partial charge is 0.345 e. The Morgan fingerprint density at radius 2 is 1.86 bits per heavy atom. The van der Waals surface area contributed by atoms with Crippen LogP contribution in [0, 0.1) is 0 Å². The van der Waals surface area contributed by atoms with Gasteiger partial charge in [-0.15, -0.1) is 0 Å². The zero-order chi connectivity index (χ0) is 20.3. The lowest BCUT2D eigenvalue weighted by Gasteiger charge is -2.15. The fourth-order valence-corrected chi connectivity index (χ4v) is 3.17. The van der Waals surface area contributed by atoms with E-state index < -0.39 is 11.5 Å². The highest BCUT2D eigenvalue weighted by molar-refractivity contribution is 6.35. The van der Waals surface area contributed by atoms with E-state index in [1.165, 1.54) is 7.11 Å². The molecule has 0 aliphatic rings. The second-order valence-corrected chi connectivity index (χ2v) is 6.31. The molecule has 0 fully saturated rings. The Bertz CT molecular complexity index is 1090. The van der Waals surface area contributed by atoms with Crippen molar-refractivity contribution in [3.05, 3.63) is 62.9 Å². The number of ether oxygens (including phenoxy) is 3. The topological polar surface area (TPSA) is 89.7 Å². The molecule has 0 atom stereocenters. The third kappa shape index (κ3) is 3.61. The van der Waals surface area contributed by atoms with Crippen molar-refractivity contribution in [3.8, 4) is 11.5 Å². The van der Waals surface area contributed by atoms with Gasteiger partial charge < -0.3 is 24.5 Å². The van der Waals surface area contributed by atoms with Gasteiger partial charge in [-0.3, -0.25) is 4.79 Å². The van der Waals surface area contributed by atoms with Crippen LogP contribution in [0.15, 0.2) is 41.2 Å². The van der Waals surface area contributed by atoms with Gasteiger partial charge in [0.15, 0.2) is 11.5 Å². The van der Waals surface area contributed by atoms with Crippen LogP contribution in [0.3, 0.4) is 0 Å². The highest BCUT2D eigenvalue weighted by Crippen LogP contribution is 2.31. The average molecular weight is 403 g/mol. The fourth-order valence-electron chi connectivity index (χ4n) is 2.95. The van der Waals surface area contributed by atoms with E-state index >= 15 is 0 Å². The number of rotatable bonds is 6. The van der Waals surface area contributed by atoms with Crippen molar-refractivity contribution in [1.82, 2.24) is 4.98 Å². The first-order valence-corrected chi connectivity index (χ1v) is 8.75. The van der Waals surface area contributed by atoms with Gasteiger partial charge in [0, 0.05) is 11.9 Å². The highest BCUT2D eigenvalue weighted by Gasteiger charge is 2.21. The van der Waals surface area contributed by atoms with Crippen molar-refractivity contribution < 1.29 is 19.0 Å². The molecular formula is C20H19ClN2O5. The number of fused-ring (bicyclic) bond motifs is 1. The van der Waals surface area contributed by atoms with E-state index in [2.05, 4.69) is 10.3 Å². The predicted molar refractivity (Wildman–Crippen MR) is 108 cm³/mol. The Hall–Kier alpha value is -3.19. The maximum Gasteiger partial charge on any atom is 0.345 e. The summed E-state index contributed by atoms with van der Waals surface area (Å²) in [6, 6.07) is 10.6. The van der Waals surface area contributed by atoms with E-state index in [1.807, 2.05) is 12.1 Å². The first-order valence-electron chi connectivity index (χ1n) is 8.37. The van der Waals surface area contributed by atoms with Crippen LogP contribution in [0.5, 0.6) is 11.5 Å². The maximum absolute atomic E-state index is 12.5. The number of aromatic amines is 1. The number of pyridine rings is 1. The molecule has 2 aromatic carbocycles. The van der Waals surface area contributed by atoms with E-state index in [9.17, 15) is 9.59 Å². The number of methoxy groups -OCH3 is 3. The van der Waals surface area contributed by atoms with E-state index in [-0.39, 0.29) is 5.56 Å². The summed E-state index contributed by atoms with van der Waals surface area (Å²) in [5.74, 6) is 0.446. The van der Waals surface area contributed by atoms with Crippen molar-refractivity contribution in [1.29, 1.82) is 0 Å². The Kier molecular flexibility index (Phi) is 5.75. The molecule has 146 valence electrons. The van der Waals surface area contributed by atoms with Crippen LogP contribution in [0.4, 0.5) is 5.69 Å². The van der Waals surface area contributed by atoms with Crippen molar-refractivity contribution in [3.63, 3.8) is 0 Å². The molecule has 28 heavy (non-hydrogen) atoms. The molecule has 0 aliphatic heterocycles. The van der Waals surface area contributed by atoms with Crippen molar-refractivity contribution in [2.75, 3.05) is 26.6 Å². The summed E-state index contributed by atoms with van der Waals surface area (Å²) in [6.07, 6.45) is 0. The molecule has 0 saturated carbocycles. The largest absolute Gasteiger partial charge is 0.493 e. The van der Waals surface area contributed by atoms with Crippen molar-refractivity contribution >= 4 is 34.2 Å². The van der Waals surface area contributed by atoms with Gasteiger partial charge in [0.05, 0.1) is 37.6 Å². The molecule has 1 heterocycles. The molecule has 0 unspecified atom stereocenters. The third-order valence-corrected chi connectivity index (χ3v) is 4.62. The summed E-state index contributed by atoms with van der Waals surface area (Å²) < 4.78 is 15.3. The molecule has 0 aliphatic carbocycles. The van der Waals surface area contributed by atoms with E-state index in [0.717, 1.165) is 5.56 Å². The summed E-state index contributed by atoms with van der Waals surface area (Å²) in [5, 5.41) is 4.15. The second kappa shape index (κ2) is 8.22. The number of benzene rings is 2. The van der Waals surface area contributed by atoms with E-state index in [1.54, 1.807) is 38.5 Å². The van der Waals surface area contributed by atoms with Crippen LogP contribution in [-0.2, 0) is 11.3 Å². The second-order valence-electron chi connectivity index (χ2n) is 5.90. The number of hydrogen-bond acceptors (Lipinski definition) is 6. The molecule has 0 saturated heterocycles. The molecule has 0 amide bonds. The first-order chi connectivity index (χ1) is 13.5. The minimum absolute atomic E-state index is 0.113. The summed E-state index contributed by atoms with van der Waals surface area (Å²) in [7, 11) is 4.34. The average Bonchev–Trinajstić information content (AvgIpc) is 2.71. The normalized spacial score (nSPS) is 10.6. The third-order valence-electron chi connectivity index (χ3n) is 4.31. The highest BCUT2D eigenvalue weighted by atomic mass is 35.5. The summed E-state index contributed by atoms with van der Waals surface area (Å²) in [4.78, 5) is 27.4. The fraction of sp³-hybridized carbons (Fsp3) is 0.200. The lowest BCUT2D eigenvalue weighted by atomic mass is 10.1. The SMILES string of the molecule is COC(=O)c1c(NCc2ccc(OC)c(OC)c2)c2cccc(Cl)c2[nH]c1=O. The van der Waals surface area contributed by atoms with Gasteiger partial charge in [-0.1, -0.05) is 29.8 Å². The number of halogens is 1. The number of aromatic nitrogens is 1. The van der Waals surface area contributed by atoms with Crippen LogP contribution in [0.25, 0.3) is 10.9 Å². The van der Waals surface area contributed by atoms with Gasteiger partial charge in [0.25, 0.3) is 5.56 Å². The molecule has 7 nitrogen and oxygen atoms in total. The molecule has 0 bridgehead atoms. The lowest BCUT2D eigenvalue weighted by Crippen LogP contribution is -2.22. The maximum atomic E-state index is 12.5. The minimum atomic E-state index is -0.738. The molecule has 0 spiro atoms. The zero-order valence-corrected chi connectivity index (χ0v) is 16.3. The summed E-state index contributed by atoms with van der Waals surface area (Å²) in [6.45, 7) is 0.329. The van der Waals surface area contributed by atoms with Crippen LogP contribution >= 0.6 is 11.6 Å². The van der Waals surface area contributed by atoms with E-state index in [4.69, 9.17) is 25.8 Å². The monoisotopic (exact) mass is 402 g/mol. The Balaban J connectivity index is 2.08. The number of carbonyl (C=O) groups is 1. The van der Waals surface area contributed by atoms with Gasteiger partial charge in [0.2, 0.25) is 0 Å². The molecule has 0 radical (unpaired) electrons. The van der Waals surface area contributed by atoms with Gasteiger partial charge in [-0.25, -0.2) is 4.79 Å². The number of nitrogens with one attached hydrogen (secondary N) is 2. The Labute approximate surface area is 166 Å². The van der Waals surface area contributed by atoms with Crippen LogP contribution in [-0.4, -0.2) is 32.3 Å². The standard InChI is InChI=1S/C20H19ClN2O5/c1-26-14-8-7-11(9-15(14)27-2)10-22-18-12-5-4-6-13(21)17(12)23-19(24)16(18)20(25)28-3/h4-9H,10H2,1-3H3,(H2,22,23,24). The molecule has 2 N–H and O–H groups in total. The Morgan fingerprint density at radius 1 is 1.11 bits per heavy atom.